The van der Waals surface area contributed by atoms with Gasteiger partial charge in [0.2, 0.25) is 11.7 Å². The number of nitrogens with one attached hydrogen (secondary N) is 1. The molecule has 160 valence electrons. The van der Waals surface area contributed by atoms with Crippen LogP contribution in [0.5, 0.6) is 17.2 Å². The number of hydrogen-bond acceptors (Lipinski definition) is 5. The normalized spacial score (nSPS) is 10.8. The summed E-state index contributed by atoms with van der Waals surface area (Å²) in [4.78, 5) is 4.80. The van der Waals surface area contributed by atoms with Crippen molar-refractivity contribution in [3.05, 3.63) is 76.8 Å². The highest BCUT2D eigenvalue weighted by molar-refractivity contribution is 6.30. The molecule has 0 saturated heterocycles. The number of nitrogens with zero attached hydrogens (tertiary/aromatic N) is 2. The fourth-order valence-corrected chi connectivity index (χ4v) is 3.69. The lowest BCUT2D eigenvalue weighted by Crippen LogP contribution is -2.09. The molecule has 0 bridgehead atoms. The number of rotatable bonds is 8. The second kappa shape index (κ2) is 9.18. The van der Waals surface area contributed by atoms with Crippen LogP contribution < -0.4 is 19.5 Å². The van der Waals surface area contributed by atoms with Crippen LogP contribution >= 0.6 is 11.6 Å². The van der Waals surface area contributed by atoms with Gasteiger partial charge in [-0.15, -0.1) is 0 Å². The zero-order chi connectivity index (χ0) is 21.8. The minimum absolute atomic E-state index is 0.542. The summed E-state index contributed by atoms with van der Waals surface area (Å²) in [6.45, 7) is 1.22. The van der Waals surface area contributed by atoms with E-state index in [0.29, 0.717) is 30.3 Å². The molecule has 4 rings (SSSR count). The fourth-order valence-electron chi connectivity index (χ4n) is 3.56. The number of methoxy groups -OCH3 is 3. The summed E-state index contributed by atoms with van der Waals surface area (Å²) in [6.07, 6.45) is 0. The average molecular weight is 438 g/mol. The third-order valence-corrected chi connectivity index (χ3v) is 5.34. The third kappa shape index (κ3) is 4.39. The first-order valence-electron chi connectivity index (χ1n) is 9.85. The van der Waals surface area contributed by atoms with Gasteiger partial charge in [-0.3, -0.25) is 0 Å². The molecule has 0 fully saturated rings. The Kier molecular flexibility index (Phi) is 6.18. The zero-order valence-corrected chi connectivity index (χ0v) is 18.4. The first kappa shape index (κ1) is 20.9. The van der Waals surface area contributed by atoms with E-state index in [0.717, 1.165) is 33.1 Å². The van der Waals surface area contributed by atoms with Gasteiger partial charge >= 0.3 is 0 Å². The van der Waals surface area contributed by atoms with Crippen molar-refractivity contribution in [2.24, 2.45) is 0 Å². The maximum atomic E-state index is 6.05. The maximum absolute atomic E-state index is 6.05. The molecule has 0 saturated carbocycles. The fraction of sp³-hybridized carbons (Fsp3) is 0.208. The van der Waals surface area contributed by atoms with E-state index >= 15 is 0 Å². The smallest absolute Gasteiger partial charge is 0.204 e. The molecule has 1 N–H and O–H groups in total. The molecule has 31 heavy (non-hydrogen) atoms. The van der Waals surface area contributed by atoms with Gasteiger partial charge in [0, 0.05) is 11.6 Å². The van der Waals surface area contributed by atoms with E-state index < -0.39 is 0 Å². The summed E-state index contributed by atoms with van der Waals surface area (Å²) in [5.74, 6) is 2.59. The SMILES string of the molecule is COc1cc(CNc2nc3ccccc3n2Cc2ccc(Cl)cc2)cc(OC)c1OC. The quantitative estimate of drug-likeness (QED) is 0.401. The molecule has 0 atom stereocenters. The molecule has 1 heterocycles. The van der Waals surface area contributed by atoms with Crippen molar-refractivity contribution in [2.75, 3.05) is 26.6 Å². The minimum atomic E-state index is 0.542. The van der Waals surface area contributed by atoms with Gasteiger partial charge in [0.15, 0.2) is 11.5 Å². The number of imidazole rings is 1. The van der Waals surface area contributed by atoms with Crippen LogP contribution in [0.4, 0.5) is 5.95 Å². The van der Waals surface area contributed by atoms with Gasteiger partial charge < -0.3 is 24.1 Å². The number of aromatic nitrogens is 2. The first-order valence-corrected chi connectivity index (χ1v) is 10.2. The van der Waals surface area contributed by atoms with Gasteiger partial charge in [0.25, 0.3) is 0 Å². The largest absolute Gasteiger partial charge is 0.493 e. The number of halogens is 1. The molecular weight excluding hydrogens is 414 g/mol. The Morgan fingerprint density at radius 3 is 2.19 bits per heavy atom. The van der Waals surface area contributed by atoms with Crippen LogP contribution in [-0.2, 0) is 13.1 Å². The van der Waals surface area contributed by atoms with E-state index in [1.165, 1.54) is 0 Å². The lowest BCUT2D eigenvalue weighted by Gasteiger charge is -2.15. The molecule has 0 amide bonds. The summed E-state index contributed by atoms with van der Waals surface area (Å²) in [5, 5.41) is 4.19. The summed E-state index contributed by atoms with van der Waals surface area (Å²) in [7, 11) is 4.82. The Morgan fingerprint density at radius 1 is 0.871 bits per heavy atom. The molecule has 7 heteroatoms. The van der Waals surface area contributed by atoms with Crippen molar-refractivity contribution in [1.82, 2.24) is 9.55 Å². The molecule has 1 aromatic heterocycles. The van der Waals surface area contributed by atoms with Crippen LogP contribution in [-0.4, -0.2) is 30.9 Å². The van der Waals surface area contributed by atoms with Crippen LogP contribution in [0.15, 0.2) is 60.7 Å². The molecule has 0 unspecified atom stereocenters. The van der Waals surface area contributed by atoms with E-state index in [1.807, 2.05) is 54.6 Å². The number of hydrogen-bond donors (Lipinski definition) is 1. The van der Waals surface area contributed by atoms with Gasteiger partial charge in [-0.05, 0) is 47.5 Å². The van der Waals surface area contributed by atoms with Crippen LogP contribution in [0, 0.1) is 0 Å². The van der Waals surface area contributed by atoms with Gasteiger partial charge in [0.1, 0.15) is 0 Å². The van der Waals surface area contributed by atoms with Gasteiger partial charge in [-0.25, -0.2) is 4.98 Å². The van der Waals surface area contributed by atoms with Crippen molar-refractivity contribution >= 4 is 28.6 Å². The molecule has 4 aromatic rings. The second-order valence-electron chi connectivity index (χ2n) is 7.02. The number of fused-ring (bicyclic) bond motifs is 1. The average Bonchev–Trinajstić information content (AvgIpc) is 3.15. The van der Waals surface area contributed by atoms with Crippen LogP contribution in [0.3, 0.4) is 0 Å². The summed E-state index contributed by atoms with van der Waals surface area (Å²) in [5.41, 5.74) is 4.12. The Bertz CT molecular complexity index is 1160. The number of ether oxygens (including phenoxy) is 3. The Hall–Kier alpha value is -3.38. The molecule has 6 nitrogen and oxygen atoms in total. The Morgan fingerprint density at radius 2 is 1.55 bits per heavy atom. The predicted octanol–water partition coefficient (Wildman–Crippen LogP) is 5.38. The molecule has 0 aliphatic carbocycles. The monoisotopic (exact) mass is 437 g/mol. The van der Waals surface area contributed by atoms with Crippen LogP contribution in [0.25, 0.3) is 11.0 Å². The molecule has 0 aliphatic heterocycles. The van der Waals surface area contributed by atoms with Crippen molar-refractivity contribution in [1.29, 1.82) is 0 Å². The highest BCUT2D eigenvalue weighted by atomic mass is 35.5. The van der Waals surface area contributed by atoms with Crippen molar-refractivity contribution in [2.45, 2.75) is 13.1 Å². The van der Waals surface area contributed by atoms with E-state index in [2.05, 4.69) is 16.0 Å². The third-order valence-electron chi connectivity index (χ3n) is 5.08. The Labute approximate surface area is 186 Å². The molecule has 0 radical (unpaired) electrons. The highest BCUT2D eigenvalue weighted by Crippen LogP contribution is 2.38. The number of para-hydroxylation sites is 2. The van der Waals surface area contributed by atoms with Crippen LogP contribution in [0.2, 0.25) is 5.02 Å². The summed E-state index contributed by atoms with van der Waals surface area (Å²) < 4.78 is 18.5. The first-order chi connectivity index (χ1) is 15.1. The van der Waals surface area contributed by atoms with E-state index in [4.69, 9.17) is 30.8 Å². The molecule has 0 spiro atoms. The lowest BCUT2D eigenvalue weighted by molar-refractivity contribution is 0.324. The summed E-state index contributed by atoms with van der Waals surface area (Å²) >= 11 is 6.05. The summed E-state index contributed by atoms with van der Waals surface area (Å²) in [6, 6.07) is 19.8. The van der Waals surface area contributed by atoms with Crippen LogP contribution in [0.1, 0.15) is 11.1 Å². The zero-order valence-electron chi connectivity index (χ0n) is 17.7. The minimum Gasteiger partial charge on any atom is -0.493 e. The number of benzene rings is 3. The maximum Gasteiger partial charge on any atom is 0.204 e. The topological polar surface area (TPSA) is 57.5 Å². The van der Waals surface area contributed by atoms with Gasteiger partial charge in [-0.1, -0.05) is 35.9 Å². The molecule has 0 aliphatic rings. The van der Waals surface area contributed by atoms with Crippen molar-refractivity contribution < 1.29 is 14.2 Å². The molecule has 3 aromatic carbocycles. The second-order valence-corrected chi connectivity index (χ2v) is 7.46. The number of anilines is 1. The lowest BCUT2D eigenvalue weighted by atomic mass is 10.2. The van der Waals surface area contributed by atoms with E-state index in [1.54, 1.807) is 21.3 Å². The Balaban J connectivity index is 1.65. The standard InChI is InChI=1S/C24H24ClN3O3/c1-29-21-12-17(13-22(30-2)23(21)31-3)14-26-24-27-19-6-4-5-7-20(19)28(24)15-16-8-10-18(25)11-9-16/h4-13H,14-15H2,1-3H3,(H,26,27). The van der Waals surface area contributed by atoms with Gasteiger partial charge in [-0.2, -0.15) is 0 Å². The molecular formula is C24H24ClN3O3. The van der Waals surface area contributed by atoms with E-state index in [-0.39, 0.29) is 0 Å². The van der Waals surface area contributed by atoms with Crippen molar-refractivity contribution in [3.63, 3.8) is 0 Å². The predicted molar refractivity (Wildman–Crippen MR) is 124 cm³/mol. The van der Waals surface area contributed by atoms with Gasteiger partial charge in [0.05, 0.1) is 38.9 Å². The van der Waals surface area contributed by atoms with Crippen molar-refractivity contribution in [3.8, 4) is 17.2 Å². The van der Waals surface area contributed by atoms with E-state index in [9.17, 15) is 0 Å². The highest BCUT2D eigenvalue weighted by Gasteiger charge is 2.15.